The smallest absolute Gasteiger partial charge is 0.460 e. The molecule has 0 aliphatic heterocycles. The van der Waals surface area contributed by atoms with E-state index < -0.39 is 0 Å². The van der Waals surface area contributed by atoms with E-state index in [2.05, 4.69) is 70.0 Å². The fourth-order valence-electron chi connectivity index (χ4n) is 4.21. The summed E-state index contributed by atoms with van der Waals surface area (Å²) in [6.07, 6.45) is 3.64. The molecule has 0 saturated carbocycles. The number of aromatic nitrogens is 3. The number of nitrogens with zero attached hydrogens (tertiary/aromatic N) is 3. The summed E-state index contributed by atoms with van der Waals surface area (Å²) in [5.74, 6) is 2.04. The van der Waals surface area contributed by atoms with E-state index in [0.717, 1.165) is 44.5 Å². The normalized spacial score (nSPS) is 10.9. The Hall–Kier alpha value is -3.75. The Morgan fingerprint density at radius 3 is 2.40 bits per heavy atom. The number of pyridine rings is 2. The number of hydrogen-bond donors (Lipinski definition) is 0. The molecule has 0 aliphatic rings. The van der Waals surface area contributed by atoms with Crippen molar-refractivity contribution in [2.45, 2.75) is 13.8 Å². The minimum atomic E-state index is 0. The van der Waals surface area contributed by atoms with Crippen molar-refractivity contribution in [2.75, 3.05) is 0 Å². The van der Waals surface area contributed by atoms with Gasteiger partial charge in [-0.25, -0.2) is 21.1 Å². The van der Waals surface area contributed by atoms with E-state index in [0.29, 0.717) is 11.6 Å². The summed E-state index contributed by atoms with van der Waals surface area (Å²) in [6, 6.07) is 33.4. The first-order valence-corrected chi connectivity index (χ1v) is 11.2. The standard InChI is InChI=1S/C30H21N3O.Pt/c1-20-16-30(32-19-21(20)2)34-24-9-7-8-22(17-24)23-13-14-26-25-10-3-4-11-27(25)33(28(26)18-23)29-12-5-6-15-31-29;/h3-16,19H,1-2H3;/q-2;+2. The van der Waals surface area contributed by atoms with Crippen LogP contribution in [-0.4, -0.2) is 14.5 Å². The Morgan fingerprint density at radius 2 is 1.57 bits per heavy atom. The Balaban J connectivity index is 0.00000253. The van der Waals surface area contributed by atoms with E-state index in [4.69, 9.17) is 4.74 Å². The fourth-order valence-corrected chi connectivity index (χ4v) is 4.21. The second kappa shape index (κ2) is 9.48. The molecule has 6 rings (SSSR count). The van der Waals surface area contributed by atoms with Crippen LogP contribution >= 0.6 is 0 Å². The Kier molecular flexibility index (Phi) is 6.23. The predicted octanol–water partition coefficient (Wildman–Crippen LogP) is 7.25. The van der Waals surface area contributed by atoms with Crippen molar-refractivity contribution in [3.05, 3.63) is 115 Å². The number of rotatable bonds is 4. The van der Waals surface area contributed by atoms with Gasteiger partial charge in [0, 0.05) is 29.7 Å². The predicted molar refractivity (Wildman–Crippen MR) is 135 cm³/mol. The van der Waals surface area contributed by atoms with Crippen molar-refractivity contribution in [3.8, 4) is 28.6 Å². The third-order valence-electron chi connectivity index (χ3n) is 6.08. The Bertz CT molecular complexity index is 1660. The SMILES string of the molecule is Cc1cnc(Oc2[c-]c(-c3[c-]c4c(cc3)c3ccccc3n4-c3ccccn3)ccc2)cc1C.[Pt+2]. The first-order valence-electron chi connectivity index (χ1n) is 11.2. The average Bonchev–Trinajstić information content (AvgIpc) is 3.21. The number of hydrogen-bond acceptors (Lipinski definition) is 3. The van der Waals surface area contributed by atoms with Gasteiger partial charge in [0.05, 0.1) is 0 Å². The molecule has 0 radical (unpaired) electrons. The van der Waals surface area contributed by atoms with Crippen LogP contribution in [-0.2, 0) is 21.1 Å². The number of fused-ring (bicyclic) bond motifs is 3. The number of benzene rings is 3. The van der Waals surface area contributed by atoms with Gasteiger partial charge in [-0.2, -0.15) is 24.3 Å². The van der Waals surface area contributed by atoms with Gasteiger partial charge in [-0.15, -0.1) is 18.2 Å². The summed E-state index contributed by atoms with van der Waals surface area (Å²) in [5.41, 5.74) is 6.20. The van der Waals surface area contributed by atoms with Crippen molar-refractivity contribution in [1.29, 1.82) is 0 Å². The van der Waals surface area contributed by atoms with Crippen LogP contribution in [0.1, 0.15) is 11.1 Å². The van der Waals surface area contributed by atoms with Crippen LogP contribution in [0.15, 0.2) is 91.3 Å². The monoisotopic (exact) mass is 634 g/mol. The molecule has 6 aromatic rings. The Morgan fingerprint density at radius 1 is 0.743 bits per heavy atom. The summed E-state index contributed by atoms with van der Waals surface area (Å²) in [4.78, 5) is 8.99. The zero-order valence-electron chi connectivity index (χ0n) is 19.2. The molecule has 0 unspecified atom stereocenters. The summed E-state index contributed by atoms with van der Waals surface area (Å²) in [6.45, 7) is 4.09. The molecule has 35 heavy (non-hydrogen) atoms. The first kappa shape index (κ1) is 23.0. The molecule has 3 heterocycles. The topological polar surface area (TPSA) is 39.9 Å². The summed E-state index contributed by atoms with van der Waals surface area (Å²) in [7, 11) is 0. The minimum Gasteiger partial charge on any atom is -0.460 e. The number of aryl methyl sites for hydroxylation is 2. The molecule has 0 aliphatic carbocycles. The second-order valence-electron chi connectivity index (χ2n) is 8.31. The van der Waals surface area contributed by atoms with Gasteiger partial charge in [-0.3, -0.25) is 0 Å². The number of para-hydroxylation sites is 1. The Labute approximate surface area is 218 Å². The molecular weight excluding hydrogens is 613 g/mol. The van der Waals surface area contributed by atoms with Gasteiger partial charge in [-0.1, -0.05) is 29.7 Å². The quantitative estimate of drug-likeness (QED) is 0.192. The maximum atomic E-state index is 6.01. The van der Waals surface area contributed by atoms with Crippen LogP contribution in [0.5, 0.6) is 11.6 Å². The largest absolute Gasteiger partial charge is 2.00 e. The molecule has 0 saturated heterocycles. The third-order valence-corrected chi connectivity index (χ3v) is 6.08. The van der Waals surface area contributed by atoms with E-state index in [1.165, 1.54) is 5.39 Å². The molecule has 0 bridgehead atoms. The molecule has 4 nitrogen and oxygen atoms in total. The minimum absolute atomic E-state index is 0. The fraction of sp³-hybridized carbons (Fsp3) is 0.0667. The molecule has 3 aromatic carbocycles. The van der Waals surface area contributed by atoms with Crippen LogP contribution in [0.25, 0.3) is 38.8 Å². The van der Waals surface area contributed by atoms with Gasteiger partial charge >= 0.3 is 21.1 Å². The van der Waals surface area contributed by atoms with E-state index >= 15 is 0 Å². The molecule has 172 valence electrons. The maximum Gasteiger partial charge on any atom is 2.00 e. The maximum absolute atomic E-state index is 6.01. The van der Waals surface area contributed by atoms with E-state index in [-0.39, 0.29) is 21.1 Å². The van der Waals surface area contributed by atoms with E-state index in [1.54, 1.807) is 0 Å². The van der Waals surface area contributed by atoms with Gasteiger partial charge < -0.3 is 9.30 Å². The number of ether oxygens (including phenoxy) is 1. The van der Waals surface area contributed by atoms with Gasteiger partial charge in [0.2, 0.25) is 5.88 Å². The van der Waals surface area contributed by atoms with Gasteiger partial charge in [0.1, 0.15) is 5.82 Å². The van der Waals surface area contributed by atoms with Crippen molar-refractivity contribution in [2.24, 2.45) is 0 Å². The van der Waals surface area contributed by atoms with E-state index in [1.807, 2.05) is 61.8 Å². The first-order chi connectivity index (χ1) is 16.7. The van der Waals surface area contributed by atoms with Crippen LogP contribution in [0, 0.1) is 26.0 Å². The summed E-state index contributed by atoms with van der Waals surface area (Å²) in [5, 5.41) is 2.31. The molecule has 0 spiro atoms. The zero-order valence-corrected chi connectivity index (χ0v) is 21.5. The third kappa shape index (κ3) is 4.26. The van der Waals surface area contributed by atoms with Crippen molar-refractivity contribution < 1.29 is 25.8 Å². The molecule has 5 heteroatoms. The molecule has 0 atom stereocenters. The molecule has 0 N–H and O–H groups in total. The zero-order chi connectivity index (χ0) is 23.1. The van der Waals surface area contributed by atoms with Crippen molar-refractivity contribution >= 4 is 21.8 Å². The molecular formula is C30H21N3OPt. The van der Waals surface area contributed by atoms with E-state index in [9.17, 15) is 0 Å². The van der Waals surface area contributed by atoms with Crippen molar-refractivity contribution in [1.82, 2.24) is 14.5 Å². The van der Waals surface area contributed by atoms with Crippen LogP contribution in [0.4, 0.5) is 0 Å². The van der Waals surface area contributed by atoms with Crippen LogP contribution in [0.3, 0.4) is 0 Å². The van der Waals surface area contributed by atoms with Crippen LogP contribution < -0.4 is 4.74 Å². The molecule has 3 aromatic heterocycles. The van der Waals surface area contributed by atoms with Gasteiger partial charge in [0.15, 0.2) is 0 Å². The van der Waals surface area contributed by atoms with Crippen LogP contribution in [0.2, 0.25) is 0 Å². The second-order valence-corrected chi connectivity index (χ2v) is 8.31. The summed E-state index contributed by atoms with van der Waals surface area (Å²) < 4.78 is 8.17. The average molecular weight is 635 g/mol. The van der Waals surface area contributed by atoms with Crippen molar-refractivity contribution in [3.63, 3.8) is 0 Å². The van der Waals surface area contributed by atoms with Gasteiger partial charge in [0.25, 0.3) is 0 Å². The van der Waals surface area contributed by atoms with Gasteiger partial charge in [-0.05, 0) is 54.1 Å². The molecule has 0 fully saturated rings. The molecule has 0 amide bonds. The summed E-state index contributed by atoms with van der Waals surface area (Å²) >= 11 is 0.